The summed E-state index contributed by atoms with van der Waals surface area (Å²) in [5.74, 6) is 0. The Labute approximate surface area is 118 Å². The fraction of sp³-hybridized carbons (Fsp3) is 0.471. The third-order valence-corrected chi connectivity index (χ3v) is 5.08. The van der Waals surface area contributed by atoms with Crippen molar-refractivity contribution in [2.75, 3.05) is 0 Å². The van der Waals surface area contributed by atoms with Crippen LogP contribution in [-0.2, 0) is 23.2 Å². The van der Waals surface area contributed by atoms with Crippen LogP contribution in [0.3, 0.4) is 0 Å². The van der Waals surface area contributed by atoms with Gasteiger partial charge in [0, 0.05) is 16.6 Å². The van der Waals surface area contributed by atoms with E-state index in [2.05, 4.69) is 28.2 Å². The van der Waals surface area contributed by atoms with Gasteiger partial charge in [0.2, 0.25) is 6.08 Å². The molecule has 0 atom stereocenters. The molecule has 1 aromatic carbocycles. The molecule has 2 aromatic rings. The third kappa shape index (κ3) is 1.60. The maximum absolute atomic E-state index is 10.8. The number of aryl methyl sites for hydroxylation is 2. The van der Waals surface area contributed by atoms with Crippen LogP contribution in [0.5, 0.6) is 0 Å². The lowest BCUT2D eigenvalue weighted by atomic mass is 9.88. The molecule has 20 heavy (non-hydrogen) atoms. The minimum absolute atomic E-state index is 0.307. The van der Waals surface area contributed by atoms with Gasteiger partial charge in [-0.1, -0.05) is 18.9 Å². The van der Waals surface area contributed by atoms with Gasteiger partial charge in [0.25, 0.3) is 0 Å². The van der Waals surface area contributed by atoms with Crippen LogP contribution in [0.1, 0.15) is 48.9 Å². The Balaban J connectivity index is 1.89. The number of aliphatic imine (C=N–C) groups is 1. The smallest absolute Gasteiger partial charge is 0.235 e. The van der Waals surface area contributed by atoms with Gasteiger partial charge in [-0.15, -0.1) is 0 Å². The van der Waals surface area contributed by atoms with Crippen molar-refractivity contribution in [3.8, 4) is 0 Å². The fourth-order valence-electron chi connectivity index (χ4n) is 4.05. The number of rotatable bonds is 2. The number of aromatic nitrogens is 1. The van der Waals surface area contributed by atoms with Gasteiger partial charge >= 0.3 is 0 Å². The molecule has 0 bridgehead atoms. The number of fused-ring (bicyclic) bond motifs is 3. The molecule has 3 heteroatoms. The van der Waals surface area contributed by atoms with Gasteiger partial charge in [0.1, 0.15) is 0 Å². The Morgan fingerprint density at radius 1 is 1.15 bits per heavy atom. The monoisotopic (exact) mass is 266 g/mol. The molecule has 0 spiro atoms. The van der Waals surface area contributed by atoms with Gasteiger partial charge in [-0.05, 0) is 55.4 Å². The number of nitrogens with one attached hydrogen (secondary N) is 1. The van der Waals surface area contributed by atoms with E-state index in [1.54, 1.807) is 0 Å². The molecule has 102 valence electrons. The van der Waals surface area contributed by atoms with Crippen LogP contribution in [0.25, 0.3) is 10.9 Å². The highest BCUT2D eigenvalue weighted by Gasteiger charge is 2.36. The molecule has 2 aliphatic rings. The predicted molar refractivity (Wildman–Crippen MR) is 78.6 cm³/mol. The van der Waals surface area contributed by atoms with E-state index in [1.807, 2.05) is 6.08 Å². The number of hydrogen-bond acceptors (Lipinski definition) is 2. The van der Waals surface area contributed by atoms with E-state index in [0.717, 1.165) is 32.1 Å². The largest absolute Gasteiger partial charge is 0.358 e. The van der Waals surface area contributed by atoms with Gasteiger partial charge in [-0.2, -0.15) is 4.99 Å². The lowest BCUT2D eigenvalue weighted by Crippen LogP contribution is -2.18. The first kappa shape index (κ1) is 11.9. The van der Waals surface area contributed by atoms with Crippen LogP contribution in [0, 0.1) is 0 Å². The molecule has 1 heterocycles. The summed E-state index contributed by atoms with van der Waals surface area (Å²) in [5, 5.41) is 1.34. The Hall–Kier alpha value is -1.86. The van der Waals surface area contributed by atoms with Gasteiger partial charge in [-0.25, -0.2) is 4.79 Å². The zero-order valence-corrected chi connectivity index (χ0v) is 11.5. The number of aromatic amines is 1. The summed E-state index contributed by atoms with van der Waals surface area (Å²) < 4.78 is 0. The number of hydrogen-bond donors (Lipinski definition) is 1. The Bertz CT molecular complexity index is 716. The van der Waals surface area contributed by atoms with Crippen molar-refractivity contribution >= 4 is 17.0 Å². The molecule has 2 aliphatic carbocycles. The molecular formula is C17H18N2O. The van der Waals surface area contributed by atoms with Crippen LogP contribution in [0.4, 0.5) is 0 Å². The van der Waals surface area contributed by atoms with Gasteiger partial charge in [0.05, 0.1) is 5.54 Å². The Morgan fingerprint density at radius 2 is 2.00 bits per heavy atom. The van der Waals surface area contributed by atoms with E-state index in [1.165, 1.54) is 40.6 Å². The molecule has 1 N–H and O–H groups in total. The lowest BCUT2D eigenvalue weighted by Gasteiger charge is -2.23. The predicted octanol–water partition coefficient (Wildman–Crippen LogP) is 3.76. The molecular weight excluding hydrogens is 248 g/mol. The van der Waals surface area contributed by atoms with Gasteiger partial charge in [0.15, 0.2) is 0 Å². The van der Waals surface area contributed by atoms with Crippen molar-refractivity contribution in [1.82, 2.24) is 4.98 Å². The molecule has 1 aromatic heterocycles. The highest BCUT2D eigenvalue weighted by atomic mass is 16.1. The second kappa shape index (κ2) is 4.32. The van der Waals surface area contributed by atoms with Crippen LogP contribution < -0.4 is 0 Å². The minimum atomic E-state index is -0.307. The number of nitrogens with zero attached hydrogens (tertiary/aromatic N) is 1. The van der Waals surface area contributed by atoms with E-state index in [9.17, 15) is 4.79 Å². The zero-order chi connectivity index (χ0) is 13.6. The third-order valence-electron chi connectivity index (χ3n) is 5.08. The summed E-state index contributed by atoms with van der Waals surface area (Å²) in [6, 6.07) is 6.56. The normalized spacial score (nSPS) is 20.0. The average molecular weight is 266 g/mol. The molecule has 1 saturated carbocycles. The first-order chi connectivity index (χ1) is 9.82. The maximum Gasteiger partial charge on any atom is 0.235 e. The minimum Gasteiger partial charge on any atom is -0.358 e. The van der Waals surface area contributed by atoms with Crippen LogP contribution in [0.15, 0.2) is 23.2 Å². The van der Waals surface area contributed by atoms with E-state index >= 15 is 0 Å². The quantitative estimate of drug-likeness (QED) is 0.653. The van der Waals surface area contributed by atoms with Crippen molar-refractivity contribution in [3.63, 3.8) is 0 Å². The van der Waals surface area contributed by atoms with Crippen molar-refractivity contribution in [3.05, 3.63) is 35.0 Å². The van der Waals surface area contributed by atoms with E-state index in [0.29, 0.717) is 0 Å². The van der Waals surface area contributed by atoms with Crippen LogP contribution in [0.2, 0.25) is 0 Å². The molecule has 1 fully saturated rings. The Kier molecular flexibility index (Phi) is 2.58. The van der Waals surface area contributed by atoms with Crippen molar-refractivity contribution in [1.29, 1.82) is 0 Å². The highest BCUT2D eigenvalue weighted by molar-refractivity contribution is 5.86. The Morgan fingerprint density at radius 3 is 2.80 bits per heavy atom. The topological polar surface area (TPSA) is 45.2 Å². The molecule has 3 nitrogen and oxygen atoms in total. The SMILES string of the molecule is O=C=NC1(c2ccc3[nH]c4c(c3c2)CCC4)CCCC1. The first-order valence-electron chi connectivity index (χ1n) is 7.55. The van der Waals surface area contributed by atoms with Crippen molar-refractivity contribution < 1.29 is 4.79 Å². The van der Waals surface area contributed by atoms with Crippen molar-refractivity contribution in [2.24, 2.45) is 4.99 Å². The molecule has 4 rings (SSSR count). The number of carbonyl (C=O) groups excluding carboxylic acids is 1. The summed E-state index contributed by atoms with van der Waals surface area (Å²) in [7, 11) is 0. The summed E-state index contributed by atoms with van der Waals surface area (Å²) in [5.41, 5.74) is 4.99. The molecule has 0 unspecified atom stereocenters. The number of H-pyrrole nitrogens is 1. The molecule has 0 radical (unpaired) electrons. The van der Waals surface area contributed by atoms with E-state index < -0.39 is 0 Å². The first-order valence-corrected chi connectivity index (χ1v) is 7.55. The van der Waals surface area contributed by atoms with E-state index in [4.69, 9.17) is 0 Å². The second-order valence-corrected chi connectivity index (χ2v) is 6.14. The molecule has 0 aliphatic heterocycles. The fourth-order valence-corrected chi connectivity index (χ4v) is 4.05. The lowest BCUT2D eigenvalue weighted by molar-refractivity contribution is 0.456. The zero-order valence-electron chi connectivity index (χ0n) is 11.5. The van der Waals surface area contributed by atoms with E-state index in [-0.39, 0.29) is 5.54 Å². The molecule has 0 amide bonds. The maximum atomic E-state index is 10.8. The summed E-state index contributed by atoms with van der Waals surface area (Å²) >= 11 is 0. The highest BCUT2D eigenvalue weighted by Crippen LogP contribution is 2.43. The van der Waals surface area contributed by atoms with Crippen LogP contribution >= 0.6 is 0 Å². The van der Waals surface area contributed by atoms with Gasteiger partial charge in [-0.3, -0.25) is 0 Å². The summed E-state index contributed by atoms with van der Waals surface area (Å²) in [6.07, 6.45) is 9.63. The average Bonchev–Trinajstić information content (AvgIpc) is 3.13. The summed E-state index contributed by atoms with van der Waals surface area (Å²) in [6.45, 7) is 0. The standard InChI is InChI=1S/C17H18N2O/c20-11-18-17(8-1-2-9-17)12-6-7-16-14(10-12)13-4-3-5-15(13)19-16/h6-7,10,19H,1-5,8-9H2. The van der Waals surface area contributed by atoms with Gasteiger partial charge < -0.3 is 4.98 Å². The molecule has 0 saturated heterocycles. The second-order valence-electron chi connectivity index (χ2n) is 6.14. The van der Waals surface area contributed by atoms with Crippen LogP contribution in [-0.4, -0.2) is 11.1 Å². The number of benzene rings is 1. The summed E-state index contributed by atoms with van der Waals surface area (Å²) in [4.78, 5) is 18.6. The van der Waals surface area contributed by atoms with Crippen molar-refractivity contribution in [2.45, 2.75) is 50.5 Å². The number of isocyanates is 1.